The largest absolute Gasteiger partial charge is 0.467 e. The summed E-state index contributed by atoms with van der Waals surface area (Å²) in [5.41, 5.74) is 0.483. The van der Waals surface area contributed by atoms with Gasteiger partial charge in [0.1, 0.15) is 6.04 Å². The van der Waals surface area contributed by atoms with Gasteiger partial charge in [-0.2, -0.15) is 0 Å². The summed E-state index contributed by atoms with van der Waals surface area (Å²) in [5.74, 6) is -0.684. The maximum Gasteiger partial charge on any atom is 0.328 e. The Labute approximate surface area is 166 Å². The van der Waals surface area contributed by atoms with Gasteiger partial charge in [0.2, 0.25) is 0 Å². The number of carbonyl (C=O) groups is 2. The van der Waals surface area contributed by atoms with E-state index in [-0.39, 0.29) is 18.1 Å². The lowest BCUT2D eigenvalue weighted by molar-refractivity contribution is -0.142. The number of amides is 1. The van der Waals surface area contributed by atoms with Crippen molar-refractivity contribution >= 4 is 33.4 Å². The van der Waals surface area contributed by atoms with Crippen LogP contribution in [0.25, 0.3) is 10.8 Å². The van der Waals surface area contributed by atoms with Gasteiger partial charge in [0.15, 0.2) is 0 Å². The number of carbonyl (C=O) groups excluding carboxylic acids is 2. The van der Waals surface area contributed by atoms with E-state index >= 15 is 0 Å². The molecule has 0 saturated carbocycles. The fourth-order valence-electron chi connectivity index (χ4n) is 2.97. The molecule has 1 N–H and O–H groups in total. The second kappa shape index (κ2) is 9.28. The number of hydrogen-bond donors (Lipinski definition) is 1. The highest BCUT2D eigenvalue weighted by molar-refractivity contribution is 7.85. The van der Waals surface area contributed by atoms with Crippen LogP contribution in [0.1, 0.15) is 16.8 Å². The van der Waals surface area contributed by atoms with Crippen LogP contribution in [0, 0.1) is 0 Å². The van der Waals surface area contributed by atoms with Crippen molar-refractivity contribution in [3.63, 3.8) is 0 Å². The lowest BCUT2D eigenvalue weighted by Crippen LogP contribution is -2.42. The van der Waals surface area contributed by atoms with Crippen LogP contribution in [-0.4, -0.2) is 35.0 Å². The molecule has 2 atom stereocenters. The van der Waals surface area contributed by atoms with Gasteiger partial charge in [-0.15, -0.1) is 0 Å². The highest BCUT2D eigenvalue weighted by atomic mass is 32.2. The van der Waals surface area contributed by atoms with Gasteiger partial charge in [-0.3, -0.25) is 9.00 Å². The number of methoxy groups -OCH3 is 1. The molecule has 5 nitrogen and oxygen atoms in total. The minimum Gasteiger partial charge on any atom is -0.467 e. The van der Waals surface area contributed by atoms with Gasteiger partial charge < -0.3 is 10.1 Å². The molecule has 0 heterocycles. The smallest absolute Gasteiger partial charge is 0.328 e. The molecular formula is C22H21NO4S. The molecule has 0 aromatic heterocycles. The zero-order chi connectivity index (χ0) is 19.9. The summed E-state index contributed by atoms with van der Waals surface area (Å²) < 4.78 is 17.3. The fourth-order valence-corrected chi connectivity index (χ4v) is 4.11. The molecule has 0 unspecified atom stereocenters. The molecule has 0 radical (unpaired) electrons. The van der Waals surface area contributed by atoms with Gasteiger partial charge in [0, 0.05) is 16.2 Å². The first kappa shape index (κ1) is 19.8. The number of nitrogens with one attached hydrogen (secondary N) is 1. The van der Waals surface area contributed by atoms with Crippen molar-refractivity contribution < 1.29 is 18.5 Å². The van der Waals surface area contributed by atoms with Gasteiger partial charge >= 0.3 is 5.97 Å². The number of ether oxygens (including phenoxy) is 1. The van der Waals surface area contributed by atoms with Crippen LogP contribution in [0.4, 0.5) is 0 Å². The quantitative estimate of drug-likeness (QED) is 0.623. The lowest BCUT2D eigenvalue weighted by atomic mass is 10.0. The van der Waals surface area contributed by atoms with E-state index in [2.05, 4.69) is 5.32 Å². The first-order valence-corrected chi connectivity index (χ1v) is 10.2. The third kappa shape index (κ3) is 4.64. The van der Waals surface area contributed by atoms with E-state index < -0.39 is 22.8 Å². The standard InChI is InChI=1S/C22H21NO4S/c1-27-22(25)20(14-15-28(26)17-10-3-2-4-11-17)23-21(24)19-13-7-9-16-8-5-6-12-18(16)19/h2-13,20H,14-15H2,1H3,(H,23,24)/t20-,28+/m1/s1. The van der Waals surface area contributed by atoms with E-state index in [1.54, 1.807) is 24.3 Å². The van der Waals surface area contributed by atoms with E-state index in [1.807, 2.05) is 48.5 Å². The minimum atomic E-state index is -1.26. The Bertz CT molecular complexity index is 998. The van der Waals surface area contributed by atoms with Crippen LogP contribution in [-0.2, 0) is 20.3 Å². The summed E-state index contributed by atoms with van der Waals surface area (Å²) >= 11 is 0. The first-order valence-electron chi connectivity index (χ1n) is 8.90. The van der Waals surface area contributed by atoms with Crippen LogP contribution in [0.3, 0.4) is 0 Å². The highest BCUT2D eigenvalue weighted by Crippen LogP contribution is 2.19. The lowest BCUT2D eigenvalue weighted by Gasteiger charge is -2.17. The number of esters is 1. The summed E-state index contributed by atoms with van der Waals surface area (Å²) in [7, 11) is 0.00823. The SMILES string of the molecule is COC(=O)[C@@H](CC[S@](=O)c1ccccc1)NC(=O)c1cccc2ccccc12. The number of benzene rings is 3. The Morgan fingerprint density at radius 3 is 2.39 bits per heavy atom. The third-order valence-electron chi connectivity index (χ3n) is 4.42. The molecule has 3 aromatic carbocycles. The first-order chi connectivity index (χ1) is 13.6. The fraction of sp³-hybridized carbons (Fsp3) is 0.182. The van der Waals surface area contributed by atoms with E-state index in [4.69, 9.17) is 4.74 Å². The van der Waals surface area contributed by atoms with Crippen molar-refractivity contribution in [1.82, 2.24) is 5.32 Å². The normalized spacial score (nSPS) is 12.9. The van der Waals surface area contributed by atoms with Crippen molar-refractivity contribution in [2.24, 2.45) is 0 Å². The van der Waals surface area contributed by atoms with Crippen LogP contribution in [0.15, 0.2) is 77.7 Å². The zero-order valence-corrected chi connectivity index (χ0v) is 16.3. The van der Waals surface area contributed by atoms with E-state index in [1.165, 1.54) is 7.11 Å². The van der Waals surface area contributed by atoms with Crippen molar-refractivity contribution in [3.05, 3.63) is 78.4 Å². The zero-order valence-electron chi connectivity index (χ0n) is 15.5. The molecule has 0 aliphatic carbocycles. The van der Waals surface area contributed by atoms with E-state index in [9.17, 15) is 13.8 Å². The Kier molecular flexibility index (Phi) is 6.55. The Morgan fingerprint density at radius 1 is 0.964 bits per heavy atom. The summed E-state index contributed by atoms with van der Waals surface area (Å²) in [4.78, 5) is 25.7. The van der Waals surface area contributed by atoms with Gasteiger partial charge in [-0.05, 0) is 35.4 Å². The Morgan fingerprint density at radius 2 is 1.64 bits per heavy atom. The number of hydrogen-bond acceptors (Lipinski definition) is 4. The topological polar surface area (TPSA) is 72.5 Å². The Hall–Kier alpha value is -2.99. The molecule has 6 heteroatoms. The number of fused-ring (bicyclic) bond motifs is 1. The minimum absolute atomic E-state index is 0.213. The molecule has 0 aliphatic rings. The second-order valence-electron chi connectivity index (χ2n) is 6.23. The van der Waals surface area contributed by atoms with Gasteiger partial charge in [0.25, 0.3) is 5.91 Å². The van der Waals surface area contributed by atoms with Crippen molar-refractivity contribution in [3.8, 4) is 0 Å². The summed E-state index contributed by atoms with van der Waals surface area (Å²) in [5, 5.41) is 4.48. The van der Waals surface area contributed by atoms with Crippen molar-refractivity contribution in [1.29, 1.82) is 0 Å². The molecule has 0 fully saturated rings. The maximum atomic E-state index is 12.8. The van der Waals surface area contributed by atoms with E-state index in [0.29, 0.717) is 10.5 Å². The molecule has 0 bridgehead atoms. The van der Waals surface area contributed by atoms with Crippen LogP contribution < -0.4 is 5.32 Å². The summed E-state index contributed by atoms with van der Waals surface area (Å²) in [6.07, 6.45) is 0.213. The van der Waals surface area contributed by atoms with Gasteiger partial charge in [0.05, 0.1) is 17.9 Å². The van der Waals surface area contributed by atoms with Gasteiger partial charge in [-0.1, -0.05) is 54.6 Å². The average Bonchev–Trinajstić information content (AvgIpc) is 2.75. The van der Waals surface area contributed by atoms with Crippen molar-refractivity contribution in [2.75, 3.05) is 12.9 Å². The molecule has 144 valence electrons. The monoisotopic (exact) mass is 395 g/mol. The predicted molar refractivity (Wildman–Crippen MR) is 110 cm³/mol. The van der Waals surface area contributed by atoms with Crippen molar-refractivity contribution in [2.45, 2.75) is 17.4 Å². The molecule has 1 amide bonds. The molecule has 3 rings (SSSR count). The van der Waals surface area contributed by atoms with Crippen LogP contribution in [0.2, 0.25) is 0 Å². The average molecular weight is 395 g/mol. The second-order valence-corrected chi connectivity index (χ2v) is 7.80. The Balaban J connectivity index is 1.74. The molecule has 0 aliphatic heterocycles. The van der Waals surface area contributed by atoms with Crippen LogP contribution in [0.5, 0.6) is 0 Å². The highest BCUT2D eigenvalue weighted by Gasteiger charge is 2.23. The maximum absolute atomic E-state index is 12.8. The molecule has 3 aromatic rings. The summed E-state index contributed by atoms with van der Waals surface area (Å²) in [6, 6.07) is 21.1. The van der Waals surface area contributed by atoms with E-state index in [0.717, 1.165) is 10.8 Å². The number of rotatable bonds is 7. The summed E-state index contributed by atoms with van der Waals surface area (Å²) in [6.45, 7) is 0. The third-order valence-corrected chi connectivity index (χ3v) is 5.83. The molecule has 0 saturated heterocycles. The molecule has 28 heavy (non-hydrogen) atoms. The predicted octanol–water partition coefficient (Wildman–Crippen LogP) is 3.31. The van der Waals surface area contributed by atoms with Crippen LogP contribution >= 0.6 is 0 Å². The molecule has 0 spiro atoms. The molecular weight excluding hydrogens is 374 g/mol. The van der Waals surface area contributed by atoms with Gasteiger partial charge in [-0.25, -0.2) is 4.79 Å².